The number of sulfonamides is 1. The highest BCUT2D eigenvalue weighted by Crippen LogP contribution is 2.26. The van der Waals surface area contributed by atoms with E-state index in [0.717, 1.165) is 14.9 Å². The third-order valence-corrected chi connectivity index (χ3v) is 6.46. The van der Waals surface area contributed by atoms with E-state index in [1.54, 1.807) is 11.3 Å². The molecule has 0 radical (unpaired) electrons. The Bertz CT molecular complexity index is 988. The average Bonchev–Trinajstić information content (AvgIpc) is 3.31. The lowest BCUT2D eigenvalue weighted by molar-refractivity contribution is 0.0948. The van der Waals surface area contributed by atoms with Gasteiger partial charge in [-0.2, -0.15) is 0 Å². The number of nitrogens with zero attached hydrogens (tertiary/aromatic N) is 1. The van der Waals surface area contributed by atoms with Gasteiger partial charge in [0.2, 0.25) is 10.0 Å². The number of amides is 1. The van der Waals surface area contributed by atoms with Gasteiger partial charge >= 0.3 is 0 Å². The zero-order valence-corrected chi connectivity index (χ0v) is 15.9. The van der Waals surface area contributed by atoms with Crippen LogP contribution in [0.4, 0.5) is 0 Å². The van der Waals surface area contributed by atoms with Crippen molar-refractivity contribution in [3.05, 3.63) is 65.2 Å². The summed E-state index contributed by atoms with van der Waals surface area (Å²) in [5.74, 6) is 1.11. The molecule has 1 aromatic carbocycles. The molecule has 0 saturated heterocycles. The first-order chi connectivity index (χ1) is 12.4. The third-order valence-electron chi connectivity index (χ3n) is 3.74. The second-order valence-corrected chi connectivity index (χ2v) is 8.84. The minimum atomic E-state index is -3.51. The third kappa shape index (κ3) is 3.87. The van der Waals surface area contributed by atoms with E-state index in [1.807, 2.05) is 29.6 Å². The number of carbonyl (C=O) groups is 1. The second kappa shape index (κ2) is 7.45. The first-order valence-electron chi connectivity index (χ1n) is 7.81. The van der Waals surface area contributed by atoms with Gasteiger partial charge < -0.3 is 9.73 Å². The normalized spacial score (nSPS) is 11.7. The minimum Gasteiger partial charge on any atom is -0.458 e. The highest BCUT2D eigenvalue weighted by Gasteiger charge is 2.17. The van der Waals surface area contributed by atoms with Crippen LogP contribution in [0.3, 0.4) is 0 Å². The lowest BCUT2D eigenvalue weighted by atomic mass is 10.2. The molecule has 3 rings (SSSR count). The van der Waals surface area contributed by atoms with Crippen molar-refractivity contribution in [3.63, 3.8) is 0 Å². The largest absolute Gasteiger partial charge is 0.458 e. The van der Waals surface area contributed by atoms with Crippen molar-refractivity contribution in [2.24, 2.45) is 0 Å². The fraction of sp³-hybridized carbons (Fsp3) is 0.167. The quantitative estimate of drug-likeness (QED) is 0.701. The Kier molecular flexibility index (Phi) is 5.26. The van der Waals surface area contributed by atoms with Crippen molar-refractivity contribution in [1.29, 1.82) is 0 Å². The molecule has 0 spiro atoms. The summed E-state index contributed by atoms with van der Waals surface area (Å²) >= 11 is 1.58. The van der Waals surface area contributed by atoms with E-state index in [0.29, 0.717) is 11.3 Å². The summed E-state index contributed by atoms with van der Waals surface area (Å²) in [6.07, 6.45) is 0. The Morgan fingerprint density at radius 2 is 1.85 bits per heavy atom. The van der Waals surface area contributed by atoms with Gasteiger partial charge in [-0.15, -0.1) is 11.3 Å². The van der Waals surface area contributed by atoms with Gasteiger partial charge in [0.15, 0.2) is 0 Å². The molecule has 0 aliphatic rings. The summed E-state index contributed by atoms with van der Waals surface area (Å²) in [4.78, 5) is 13.4. The minimum absolute atomic E-state index is 0.144. The molecule has 0 unspecified atom stereocenters. The van der Waals surface area contributed by atoms with E-state index in [2.05, 4.69) is 5.32 Å². The number of nitrogens with one attached hydrogen (secondary N) is 1. The lowest BCUT2D eigenvalue weighted by Crippen LogP contribution is -2.24. The molecule has 0 fully saturated rings. The molecule has 0 saturated carbocycles. The summed E-state index contributed by atoms with van der Waals surface area (Å²) in [6, 6.07) is 13.4. The van der Waals surface area contributed by atoms with Crippen LogP contribution in [-0.4, -0.2) is 32.7 Å². The second-order valence-electron chi connectivity index (χ2n) is 5.74. The fourth-order valence-corrected chi connectivity index (χ4v) is 3.87. The predicted molar refractivity (Wildman–Crippen MR) is 101 cm³/mol. The number of hydrogen-bond acceptors (Lipinski definition) is 5. The Hall–Kier alpha value is -2.42. The molecule has 136 valence electrons. The lowest BCUT2D eigenvalue weighted by Gasteiger charge is -2.11. The molecular formula is C18H18N2O4S2. The van der Waals surface area contributed by atoms with Gasteiger partial charge in [-0.1, -0.05) is 6.07 Å². The topological polar surface area (TPSA) is 79.6 Å². The smallest absolute Gasteiger partial charge is 0.251 e. The van der Waals surface area contributed by atoms with Crippen LogP contribution in [0.1, 0.15) is 16.1 Å². The number of hydrogen-bond donors (Lipinski definition) is 1. The maximum absolute atomic E-state index is 12.2. The van der Waals surface area contributed by atoms with Crippen molar-refractivity contribution in [2.75, 3.05) is 14.1 Å². The van der Waals surface area contributed by atoms with E-state index in [9.17, 15) is 13.2 Å². The number of furan rings is 1. The van der Waals surface area contributed by atoms with Crippen LogP contribution < -0.4 is 5.32 Å². The number of rotatable bonds is 6. The van der Waals surface area contributed by atoms with Crippen molar-refractivity contribution in [2.45, 2.75) is 11.4 Å². The van der Waals surface area contributed by atoms with Crippen LogP contribution in [-0.2, 0) is 16.6 Å². The molecule has 0 aliphatic carbocycles. The molecule has 0 bridgehead atoms. The first kappa shape index (κ1) is 18.4. The summed E-state index contributed by atoms with van der Waals surface area (Å²) in [5, 5.41) is 4.74. The molecule has 2 heterocycles. The fourth-order valence-electron chi connectivity index (χ4n) is 2.28. The standard InChI is InChI=1S/C18H18N2O4S2/c1-20(2)26(22,23)15-8-5-13(6-9-15)18(21)19-12-14-7-10-16(24-14)17-4-3-11-25-17/h3-11H,12H2,1-2H3,(H,19,21). The van der Waals surface area contributed by atoms with Crippen LogP contribution in [0.25, 0.3) is 10.6 Å². The molecule has 26 heavy (non-hydrogen) atoms. The van der Waals surface area contributed by atoms with Crippen molar-refractivity contribution < 1.29 is 17.6 Å². The van der Waals surface area contributed by atoms with Crippen LogP contribution in [0, 0.1) is 0 Å². The van der Waals surface area contributed by atoms with E-state index in [4.69, 9.17) is 4.42 Å². The Morgan fingerprint density at radius 1 is 1.12 bits per heavy atom. The van der Waals surface area contributed by atoms with E-state index < -0.39 is 10.0 Å². The summed E-state index contributed by atoms with van der Waals surface area (Å²) in [5.41, 5.74) is 0.382. The van der Waals surface area contributed by atoms with E-state index in [-0.39, 0.29) is 17.3 Å². The molecule has 0 aliphatic heterocycles. The van der Waals surface area contributed by atoms with Crippen molar-refractivity contribution >= 4 is 27.3 Å². The van der Waals surface area contributed by atoms with Gasteiger partial charge in [0.05, 0.1) is 16.3 Å². The zero-order valence-electron chi connectivity index (χ0n) is 14.3. The first-order valence-corrected chi connectivity index (χ1v) is 10.1. The average molecular weight is 390 g/mol. The Labute approximate surface area is 156 Å². The van der Waals surface area contributed by atoms with Gasteiger partial charge in [0, 0.05) is 19.7 Å². The molecule has 3 aromatic rings. The van der Waals surface area contributed by atoms with Gasteiger partial charge in [-0.25, -0.2) is 12.7 Å². The van der Waals surface area contributed by atoms with Crippen LogP contribution in [0.5, 0.6) is 0 Å². The molecule has 6 nitrogen and oxygen atoms in total. The van der Waals surface area contributed by atoms with Gasteiger partial charge in [0.1, 0.15) is 11.5 Å². The van der Waals surface area contributed by atoms with Crippen LogP contribution in [0.2, 0.25) is 0 Å². The zero-order chi connectivity index (χ0) is 18.7. The van der Waals surface area contributed by atoms with Gasteiger partial charge in [-0.05, 0) is 47.8 Å². The van der Waals surface area contributed by atoms with Crippen molar-refractivity contribution in [3.8, 4) is 10.6 Å². The monoisotopic (exact) mass is 390 g/mol. The molecule has 1 amide bonds. The molecular weight excluding hydrogens is 372 g/mol. The van der Waals surface area contributed by atoms with Crippen molar-refractivity contribution in [1.82, 2.24) is 9.62 Å². The maximum Gasteiger partial charge on any atom is 0.251 e. The van der Waals surface area contributed by atoms with Crippen LogP contribution >= 0.6 is 11.3 Å². The summed E-state index contributed by atoms with van der Waals surface area (Å²) < 4.78 is 30.9. The SMILES string of the molecule is CN(C)S(=O)(=O)c1ccc(C(=O)NCc2ccc(-c3cccs3)o2)cc1. The van der Waals surface area contributed by atoms with E-state index >= 15 is 0 Å². The predicted octanol–water partition coefficient (Wildman–Crippen LogP) is 3.19. The van der Waals surface area contributed by atoms with Gasteiger partial charge in [0.25, 0.3) is 5.91 Å². The summed E-state index contributed by atoms with van der Waals surface area (Å²) in [7, 11) is -0.582. The number of carbonyl (C=O) groups excluding carboxylic acids is 1. The Morgan fingerprint density at radius 3 is 2.46 bits per heavy atom. The molecule has 8 heteroatoms. The Balaban J connectivity index is 1.64. The highest BCUT2D eigenvalue weighted by molar-refractivity contribution is 7.89. The number of thiophene rings is 1. The number of benzene rings is 1. The molecule has 1 N–H and O–H groups in total. The highest BCUT2D eigenvalue weighted by atomic mass is 32.2. The van der Waals surface area contributed by atoms with Crippen LogP contribution in [0.15, 0.2) is 63.2 Å². The summed E-state index contributed by atoms with van der Waals surface area (Å²) in [6.45, 7) is 0.252. The van der Waals surface area contributed by atoms with E-state index in [1.165, 1.54) is 38.4 Å². The maximum atomic E-state index is 12.2. The molecule has 2 aromatic heterocycles. The van der Waals surface area contributed by atoms with Gasteiger partial charge in [-0.3, -0.25) is 4.79 Å². The molecule has 0 atom stereocenters.